The lowest BCUT2D eigenvalue weighted by Crippen LogP contribution is -2.31. The highest BCUT2D eigenvalue weighted by molar-refractivity contribution is 5.97. The molecule has 0 spiro atoms. The van der Waals surface area contributed by atoms with Gasteiger partial charge < -0.3 is 14.5 Å². The first-order valence-corrected chi connectivity index (χ1v) is 8.82. The molecule has 2 aromatic carbocycles. The van der Waals surface area contributed by atoms with Crippen molar-refractivity contribution in [2.45, 2.75) is 20.3 Å². The maximum Gasteiger partial charge on any atom is 0.253 e. The van der Waals surface area contributed by atoms with Gasteiger partial charge in [0.15, 0.2) is 0 Å². The number of rotatable bonds is 5. The summed E-state index contributed by atoms with van der Waals surface area (Å²) in [5.74, 6) is 0.839. The molecule has 0 N–H and O–H groups in total. The molecular weight excluding hydrogens is 328 g/mol. The van der Waals surface area contributed by atoms with Gasteiger partial charge in [0.1, 0.15) is 12.4 Å². The van der Waals surface area contributed by atoms with Gasteiger partial charge in [-0.2, -0.15) is 0 Å². The Labute approximate surface area is 154 Å². The molecule has 1 aliphatic rings. The number of ether oxygens (including phenoxy) is 1. The van der Waals surface area contributed by atoms with E-state index in [0.717, 1.165) is 29.0 Å². The average molecular weight is 352 g/mol. The highest BCUT2D eigenvalue weighted by Gasteiger charge is 2.23. The topological polar surface area (TPSA) is 49.9 Å². The summed E-state index contributed by atoms with van der Waals surface area (Å²) in [7, 11) is 1.78. The molecule has 0 bridgehead atoms. The molecule has 0 aromatic heterocycles. The number of amides is 2. The van der Waals surface area contributed by atoms with Crippen LogP contribution >= 0.6 is 0 Å². The van der Waals surface area contributed by atoms with Crippen molar-refractivity contribution in [1.82, 2.24) is 4.90 Å². The van der Waals surface area contributed by atoms with Gasteiger partial charge in [-0.15, -0.1) is 0 Å². The minimum Gasteiger partial charge on any atom is -0.491 e. The third kappa shape index (κ3) is 3.72. The third-order valence-corrected chi connectivity index (χ3v) is 4.73. The fourth-order valence-corrected chi connectivity index (χ4v) is 3.19. The maximum atomic E-state index is 12.7. The molecule has 26 heavy (non-hydrogen) atoms. The van der Waals surface area contributed by atoms with Gasteiger partial charge in [-0.05, 0) is 48.7 Å². The van der Waals surface area contributed by atoms with Crippen LogP contribution < -0.4 is 9.64 Å². The van der Waals surface area contributed by atoms with E-state index in [-0.39, 0.29) is 11.8 Å². The van der Waals surface area contributed by atoms with Gasteiger partial charge in [-0.3, -0.25) is 9.59 Å². The summed E-state index contributed by atoms with van der Waals surface area (Å²) in [4.78, 5) is 27.7. The predicted octanol–water partition coefficient (Wildman–Crippen LogP) is 3.06. The van der Waals surface area contributed by atoms with E-state index in [2.05, 4.69) is 0 Å². The van der Waals surface area contributed by atoms with Crippen LogP contribution in [0.4, 0.5) is 5.69 Å². The van der Waals surface area contributed by atoms with Crippen molar-refractivity contribution in [3.8, 4) is 5.75 Å². The van der Waals surface area contributed by atoms with E-state index in [4.69, 9.17) is 4.74 Å². The average Bonchev–Trinajstić information content (AvgIpc) is 3.06. The van der Waals surface area contributed by atoms with Crippen molar-refractivity contribution >= 4 is 17.5 Å². The van der Waals surface area contributed by atoms with Crippen molar-refractivity contribution in [2.75, 3.05) is 31.6 Å². The second-order valence-corrected chi connectivity index (χ2v) is 6.60. The quantitative estimate of drug-likeness (QED) is 0.831. The van der Waals surface area contributed by atoms with Crippen molar-refractivity contribution < 1.29 is 14.3 Å². The van der Waals surface area contributed by atoms with E-state index in [1.807, 2.05) is 43.3 Å². The Balaban J connectivity index is 1.60. The summed E-state index contributed by atoms with van der Waals surface area (Å²) >= 11 is 0. The highest BCUT2D eigenvalue weighted by atomic mass is 16.5. The molecule has 0 unspecified atom stereocenters. The minimum absolute atomic E-state index is 0.0355. The molecule has 0 fully saturated rings. The number of likely N-dealkylation sites (N-methyl/N-ethyl adjacent to an activating group) is 1. The van der Waals surface area contributed by atoms with Crippen molar-refractivity contribution in [3.63, 3.8) is 0 Å². The Morgan fingerprint density at radius 3 is 2.69 bits per heavy atom. The molecule has 0 saturated carbocycles. The van der Waals surface area contributed by atoms with Crippen LogP contribution in [-0.2, 0) is 11.2 Å². The van der Waals surface area contributed by atoms with Gasteiger partial charge in [0.2, 0.25) is 5.91 Å². The summed E-state index contributed by atoms with van der Waals surface area (Å²) in [6.07, 6.45) is 0.788. The van der Waals surface area contributed by atoms with Crippen LogP contribution in [0, 0.1) is 6.92 Å². The molecule has 0 saturated heterocycles. The van der Waals surface area contributed by atoms with E-state index in [1.165, 1.54) is 0 Å². The number of carbonyl (C=O) groups excluding carboxylic acids is 2. The summed E-state index contributed by atoms with van der Waals surface area (Å²) in [6, 6.07) is 13.4. The van der Waals surface area contributed by atoms with Gasteiger partial charge >= 0.3 is 0 Å². The second-order valence-electron chi connectivity index (χ2n) is 6.60. The minimum atomic E-state index is -0.0394. The number of aryl methyl sites for hydroxylation is 1. The van der Waals surface area contributed by atoms with E-state index in [1.54, 1.807) is 29.8 Å². The predicted molar refractivity (Wildman–Crippen MR) is 102 cm³/mol. The molecule has 1 heterocycles. The van der Waals surface area contributed by atoms with Crippen LogP contribution in [0.3, 0.4) is 0 Å². The lowest BCUT2D eigenvalue weighted by atomic mass is 10.1. The smallest absolute Gasteiger partial charge is 0.253 e. The maximum absolute atomic E-state index is 12.7. The normalized spacial score (nSPS) is 12.7. The molecule has 3 rings (SSSR count). The Bertz CT molecular complexity index is 832. The van der Waals surface area contributed by atoms with Crippen LogP contribution in [0.5, 0.6) is 5.75 Å². The van der Waals surface area contributed by atoms with Gasteiger partial charge in [-0.1, -0.05) is 18.2 Å². The third-order valence-electron chi connectivity index (χ3n) is 4.73. The lowest BCUT2D eigenvalue weighted by Gasteiger charge is -2.19. The molecule has 2 aromatic rings. The van der Waals surface area contributed by atoms with E-state index in [9.17, 15) is 9.59 Å². The molecular formula is C21H24N2O3. The monoisotopic (exact) mass is 352 g/mol. The van der Waals surface area contributed by atoms with Crippen LogP contribution in [0.15, 0.2) is 42.5 Å². The number of fused-ring (bicyclic) bond motifs is 1. The van der Waals surface area contributed by atoms with Crippen molar-refractivity contribution in [2.24, 2.45) is 0 Å². The number of hydrogen-bond acceptors (Lipinski definition) is 3. The first kappa shape index (κ1) is 18.0. The number of hydrogen-bond donors (Lipinski definition) is 0. The zero-order valence-electron chi connectivity index (χ0n) is 15.5. The molecule has 136 valence electrons. The number of anilines is 1. The second kappa shape index (κ2) is 7.60. The zero-order valence-corrected chi connectivity index (χ0v) is 15.5. The van der Waals surface area contributed by atoms with E-state index >= 15 is 0 Å². The molecule has 1 aliphatic heterocycles. The molecule has 5 heteroatoms. The molecule has 0 atom stereocenters. The van der Waals surface area contributed by atoms with E-state index < -0.39 is 0 Å². The summed E-state index contributed by atoms with van der Waals surface area (Å²) in [5, 5.41) is 0. The van der Waals surface area contributed by atoms with Crippen LogP contribution in [-0.4, -0.2) is 43.5 Å². The summed E-state index contributed by atoms with van der Waals surface area (Å²) in [6.45, 7) is 5.19. The number of carbonyl (C=O) groups is 2. The molecule has 2 amide bonds. The number of nitrogens with zero attached hydrogens (tertiary/aromatic N) is 2. The van der Waals surface area contributed by atoms with Gasteiger partial charge in [0.05, 0.1) is 6.54 Å². The lowest BCUT2D eigenvalue weighted by molar-refractivity contribution is -0.116. The van der Waals surface area contributed by atoms with Crippen LogP contribution in [0.1, 0.15) is 28.4 Å². The van der Waals surface area contributed by atoms with Crippen molar-refractivity contribution in [1.29, 1.82) is 0 Å². The first-order valence-electron chi connectivity index (χ1n) is 8.82. The first-order chi connectivity index (χ1) is 12.5. The summed E-state index contributed by atoms with van der Waals surface area (Å²) in [5.41, 5.74) is 3.69. The Morgan fingerprint density at radius 1 is 1.19 bits per heavy atom. The van der Waals surface area contributed by atoms with Gasteiger partial charge in [0.25, 0.3) is 5.91 Å². The van der Waals surface area contributed by atoms with Crippen molar-refractivity contribution in [3.05, 3.63) is 59.2 Å². The van der Waals surface area contributed by atoms with Gasteiger partial charge in [-0.25, -0.2) is 0 Å². The number of para-hydroxylation sites is 1. The van der Waals surface area contributed by atoms with Gasteiger partial charge in [0, 0.05) is 31.8 Å². The fourth-order valence-electron chi connectivity index (χ4n) is 3.19. The fraction of sp³-hybridized carbons (Fsp3) is 0.333. The van der Waals surface area contributed by atoms with E-state index in [0.29, 0.717) is 25.3 Å². The SMILES string of the molecule is CC(=O)N1CCc2cc(C(=O)N(C)CCOc3ccccc3C)ccc21. The molecule has 0 radical (unpaired) electrons. The number of benzene rings is 2. The Kier molecular flexibility index (Phi) is 5.26. The standard InChI is InChI=1S/C21H24N2O3/c1-15-6-4-5-7-20(15)26-13-12-22(3)21(25)18-8-9-19-17(14-18)10-11-23(19)16(2)24/h4-9,14H,10-13H2,1-3H3. The summed E-state index contributed by atoms with van der Waals surface area (Å²) < 4.78 is 5.77. The zero-order chi connectivity index (χ0) is 18.7. The molecule has 5 nitrogen and oxygen atoms in total. The largest absolute Gasteiger partial charge is 0.491 e. The molecule has 0 aliphatic carbocycles. The van der Waals surface area contributed by atoms with Crippen LogP contribution in [0.2, 0.25) is 0 Å². The Hall–Kier alpha value is -2.82. The Morgan fingerprint density at radius 2 is 1.96 bits per heavy atom. The van der Waals surface area contributed by atoms with Crippen LogP contribution in [0.25, 0.3) is 0 Å². The highest BCUT2D eigenvalue weighted by Crippen LogP contribution is 2.29.